The van der Waals surface area contributed by atoms with Crippen LogP contribution in [0.1, 0.15) is 57.1 Å². The van der Waals surface area contributed by atoms with Crippen molar-refractivity contribution < 1.29 is 9.53 Å². The second kappa shape index (κ2) is 13.8. The third-order valence-corrected chi connectivity index (χ3v) is 8.39. The number of anilines is 2. The van der Waals surface area contributed by atoms with Gasteiger partial charge in [0.05, 0.1) is 17.9 Å². The predicted molar refractivity (Wildman–Crippen MR) is 166 cm³/mol. The molecule has 0 bridgehead atoms. The van der Waals surface area contributed by atoms with E-state index in [1.54, 1.807) is 0 Å². The van der Waals surface area contributed by atoms with Gasteiger partial charge in [-0.1, -0.05) is 75.2 Å². The highest BCUT2D eigenvalue weighted by Gasteiger charge is 2.29. The number of amides is 1. The number of hydrogen-bond donors (Lipinski definition) is 0. The summed E-state index contributed by atoms with van der Waals surface area (Å²) in [5, 5.41) is 0. The summed E-state index contributed by atoms with van der Waals surface area (Å²) in [5.74, 6) is 2.40. The molecular weight excluding hydrogens is 494 g/mol. The largest absolute Gasteiger partial charge is 0.457 e. The van der Waals surface area contributed by atoms with Gasteiger partial charge < -0.3 is 9.64 Å². The molecule has 3 aromatic carbocycles. The Balaban J connectivity index is 1.27. The van der Waals surface area contributed by atoms with E-state index in [1.165, 1.54) is 38.6 Å². The predicted octanol–water partition coefficient (Wildman–Crippen LogP) is 7.47. The Morgan fingerprint density at radius 2 is 1.52 bits per heavy atom. The van der Waals surface area contributed by atoms with Gasteiger partial charge in [-0.3, -0.25) is 14.6 Å². The zero-order valence-corrected chi connectivity index (χ0v) is 24.1. The molecule has 210 valence electrons. The number of carbonyl (C=O) groups is 1. The lowest BCUT2D eigenvalue weighted by Gasteiger charge is -2.33. The van der Waals surface area contributed by atoms with Crippen LogP contribution in [-0.2, 0) is 4.79 Å². The van der Waals surface area contributed by atoms with E-state index in [-0.39, 0.29) is 5.91 Å². The Bertz CT molecular complexity index is 1280. The number of piperidine rings is 1. The molecule has 1 amide bonds. The van der Waals surface area contributed by atoms with Gasteiger partial charge in [-0.25, -0.2) is 0 Å². The summed E-state index contributed by atoms with van der Waals surface area (Å²) in [6.07, 6.45) is 8.33. The number of para-hydroxylation sites is 3. The molecule has 40 heavy (non-hydrogen) atoms. The first-order valence-electron chi connectivity index (χ1n) is 15.1. The number of fused-ring (bicyclic) bond motifs is 2. The number of nitrogens with zero attached hydrogens (tertiary/aromatic N) is 3. The molecule has 0 spiro atoms. The number of benzene rings is 3. The first kappa shape index (κ1) is 28.1. The molecule has 2 aliphatic rings. The summed E-state index contributed by atoms with van der Waals surface area (Å²) in [7, 11) is 0. The number of carbonyl (C=O) groups excluding carboxylic acids is 1. The number of ether oxygens (including phenoxy) is 1. The van der Waals surface area contributed by atoms with Crippen molar-refractivity contribution in [3.05, 3.63) is 90.0 Å². The summed E-state index contributed by atoms with van der Waals surface area (Å²) in [4.78, 5) is 20.8. The Morgan fingerprint density at radius 1 is 0.850 bits per heavy atom. The van der Waals surface area contributed by atoms with E-state index in [2.05, 4.69) is 35.8 Å². The summed E-state index contributed by atoms with van der Waals surface area (Å²) in [6.45, 7) is 10.4. The molecular formula is C35H43N3O2. The van der Waals surface area contributed by atoms with Gasteiger partial charge in [-0.15, -0.1) is 0 Å². The van der Waals surface area contributed by atoms with Gasteiger partial charge in [0.2, 0.25) is 5.91 Å². The van der Waals surface area contributed by atoms with Gasteiger partial charge in [0.25, 0.3) is 0 Å². The SMILES string of the molecule is CCN(CC)CCCCC1CCN(CC(=O)N2c3ccccc3C=C(Oc3ccccc3)c3ccccc32)CC1. The maximum atomic E-state index is 14.0. The van der Waals surface area contributed by atoms with E-state index >= 15 is 0 Å². The average molecular weight is 538 g/mol. The van der Waals surface area contributed by atoms with Crippen LogP contribution in [0.4, 0.5) is 11.4 Å². The highest BCUT2D eigenvalue weighted by Crippen LogP contribution is 2.40. The van der Waals surface area contributed by atoms with Crippen LogP contribution in [0.5, 0.6) is 5.75 Å². The van der Waals surface area contributed by atoms with Crippen molar-refractivity contribution in [3.8, 4) is 5.75 Å². The first-order chi connectivity index (χ1) is 19.7. The molecule has 0 N–H and O–H groups in total. The molecule has 5 rings (SSSR count). The molecule has 3 aromatic rings. The number of hydrogen-bond acceptors (Lipinski definition) is 4. The molecule has 2 heterocycles. The van der Waals surface area contributed by atoms with E-state index in [0.29, 0.717) is 6.54 Å². The second-order valence-electron chi connectivity index (χ2n) is 11.0. The van der Waals surface area contributed by atoms with Crippen LogP contribution >= 0.6 is 0 Å². The average Bonchev–Trinajstić information content (AvgIpc) is 3.13. The van der Waals surface area contributed by atoms with E-state index in [4.69, 9.17) is 4.74 Å². The van der Waals surface area contributed by atoms with Crippen molar-refractivity contribution in [2.45, 2.75) is 46.0 Å². The monoisotopic (exact) mass is 537 g/mol. The minimum absolute atomic E-state index is 0.104. The Morgan fingerprint density at radius 3 is 2.27 bits per heavy atom. The third-order valence-electron chi connectivity index (χ3n) is 8.39. The number of unbranched alkanes of at least 4 members (excludes halogenated alkanes) is 1. The maximum absolute atomic E-state index is 14.0. The van der Waals surface area contributed by atoms with Gasteiger partial charge in [-0.05, 0) is 94.3 Å². The van der Waals surface area contributed by atoms with Crippen LogP contribution in [0.25, 0.3) is 11.8 Å². The fourth-order valence-corrected chi connectivity index (χ4v) is 6.01. The highest BCUT2D eigenvalue weighted by atomic mass is 16.5. The summed E-state index contributed by atoms with van der Waals surface area (Å²) in [5.41, 5.74) is 3.65. The lowest BCUT2D eigenvalue weighted by Crippen LogP contribution is -2.42. The fourth-order valence-electron chi connectivity index (χ4n) is 6.01. The van der Waals surface area contributed by atoms with Gasteiger partial charge in [-0.2, -0.15) is 0 Å². The van der Waals surface area contributed by atoms with E-state index in [1.807, 2.05) is 77.7 Å². The highest BCUT2D eigenvalue weighted by molar-refractivity contribution is 6.08. The van der Waals surface area contributed by atoms with Gasteiger partial charge in [0.1, 0.15) is 11.5 Å². The van der Waals surface area contributed by atoms with Crippen molar-refractivity contribution in [2.24, 2.45) is 5.92 Å². The van der Waals surface area contributed by atoms with Crippen LogP contribution in [0, 0.1) is 5.92 Å². The topological polar surface area (TPSA) is 36.0 Å². The number of likely N-dealkylation sites (tertiary alicyclic amines) is 1. The second-order valence-corrected chi connectivity index (χ2v) is 11.0. The molecule has 0 atom stereocenters. The quantitative estimate of drug-likeness (QED) is 0.238. The van der Waals surface area contributed by atoms with Gasteiger partial charge in [0.15, 0.2) is 0 Å². The summed E-state index contributed by atoms with van der Waals surface area (Å²) < 4.78 is 6.38. The standard InChI is InChI=1S/C35H43N3O2/c1-3-36(4-2)23-13-12-14-28-21-24-37(25-22-28)27-35(39)38-32-19-10-8-15-29(32)26-34(31-18-9-11-20-33(31)38)40-30-16-6-5-7-17-30/h5-11,15-20,26,28H,3-4,12-14,21-25,27H2,1-2H3. The van der Waals surface area contributed by atoms with E-state index in [9.17, 15) is 4.79 Å². The van der Waals surface area contributed by atoms with Crippen LogP contribution in [0.2, 0.25) is 0 Å². The summed E-state index contributed by atoms with van der Waals surface area (Å²) >= 11 is 0. The molecule has 1 saturated heterocycles. The molecule has 5 nitrogen and oxygen atoms in total. The molecule has 2 aliphatic heterocycles. The normalized spacial score (nSPS) is 15.8. The van der Waals surface area contributed by atoms with Crippen LogP contribution in [0.15, 0.2) is 78.9 Å². The van der Waals surface area contributed by atoms with Crippen molar-refractivity contribution in [1.29, 1.82) is 0 Å². The maximum Gasteiger partial charge on any atom is 0.245 e. The fraction of sp³-hybridized carbons (Fsp3) is 0.400. The Labute approximate surface area is 240 Å². The molecule has 0 unspecified atom stereocenters. The molecule has 0 saturated carbocycles. The van der Waals surface area contributed by atoms with Crippen molar-refractivity contribution in [3.63, 3.8) is 0 Å². The van der Waals surface area contributed by atoms with Crippen LogP contribution in [-0.4, -0.2) is 55.0 Å². The van der Waals surface area contributed by atoms with Gasteiger partial charge >= 0.3 is 0 Å². The molecule has 0 aromatic heterocycles. The van der Waals surface area contributed by atoms with Crippen molar-refractivity contribution in [1.82, 2.24) is 9.80 Å². The zero-order chi connectivity index (χ0) is 27.7. The molecule has 0 aliphatic carbocycles. The lowest BCUT2D eigenvalue weighted by atomic mass is 9.91. The van der Waals surface area contributed by atoms with E-state index < -0.39 is 0 Å². The zero-order valence-electron chi connectivity index (χ0n) is 24.1. The first-order valence-corrected chi connectivity index (χ1v) is 15.1. The molecule has 0 radical (unpaired) electrons. The third kappa shape index (κ3) is 6.83. The van der Waals surface area contributed by atoms with Crippen molar-refractivity contribution in [2.75, 3.05) is 44.2 Å². The lowest BCUT2D eigenvalue weighted by molar-refractivity contribution is -0.119. The molecule has 5 heteroatoms. The Hall–Kier alpha value is -3.41. The van der Waals surface area contributed by atoms with Crippen LogP contribution in [0.3, 0.4) is 0 Å². The van der Waals surface area contributed by atoms with Gasteiger partial charge in [0, 0.05) is 11.1 Å². The van der Waals surface area contributed by atoms with Crippen LogP contribution < -0.4 is 9.64 Å². The number of rotatable bonds is 11. The smallest absolute Gasteiger partial charge is 0.245 e. The van der Waals surface area contributed by atoms with E-state index in [0.717, 1.165) is 66.1 Å². The minimum atomic E-state index is 0.104. The molecule has 1 fully saturated rings. The van der Waals surface area contributed by atoms with Crippen molar-refractivity contribution >= 4 is 29.1 Å². The summed E-state index contributed by atoms with van der Waals surface area (Å²) in [6, 6.07) is 26.0. The minimum Gasteiger partial charge on any atom is -0.457 e. The Kier molecular flexibility index (Phi) is 9.69.